The van der Waals surface area contributed by atoms with Gasteiger partial charge in [0, 0.05) is 30.6 Å². The largest absolute Gasteiger partial charge is 0.444 e. The maximum absolute atomic E-state index is 14.0. The molecular weight excluding hydrogens is 636 g/mol. The van der Waals surface area contributed by atoms with E-state index in [1.807, 2.05) is 42.5 Å². The molecule has 50 heavy (non-hydrogen) atoms. The fourth-order valence-corrected chi connectivity index (χ4v) is 8.25. The topological polar surface area (TPSA) is 149 Å². The highest BCUT2D eigenvalue weighted by atomic mass is 16.7. The van der Waals surface area contributed by atoms with Crippen molar-refractivity contribution < 1.29 is 34.2 Å². The van der Waals surface area contributed by atoms with E-state index < -0.39 is 35.9 Å². The third-order valence-corrected chi connectivity index (χ3v) is 11.1. The number of nitrogens with one attached hydrogen (secondary N) is 3. The van der Waals surface area contributed by atoms with Crippen LogP contribution in [0.3, 0.4) is 0 Å². The number of aliphatic hydroxyl groups excluding tert-OH is 2. The molecule has 11 nitrogen and oxygen atoms in total. The Kier molecular flexibility index (Phi) is 11.6. The quantitative estimate of drug-likeness (QED) is 0.202. The molecule has 1 aliphatic heterocycles. The van der Waals surface area contributed by atoms with Gasteiger partial charge in [-0.05, 0) is 105 Å². The number of hydrogen-bond donors (Lipinski definition) is 5. The molecule has 6 rings (SSSR count). The van der Waals surface area contributed by atoms with Gasteiger partial charge < -0.3 is 30.9 Å². The third kappa shape index (κ3) is 8.50. The van der Waals surface area contributed by atoms with Gasteiger partial charge in [0.1, 0.15) is 17.7 Å². The van der Waals surface area contributed by atoms with Crippen LogP contribution in [0.4, 0.5) is 4.79 Å². The lowest BCUT2D eigenvalue weighted by Gasteiger charge is -2.62. The fourth-order valence-electron chi connectivity index (χ4n) is 8.25. The summed E-state index contributed by atoms with van der Waals surface area (Å²) in [5.41, 5.74) is 2.86. The molecule has 3 amide bonds. The number of nitrogens with zero attached hydrogens (tertiary/aromatic N) is 1. The number of hydrogen-bond acceptors (Lipinski definition) is 8. The molecule has 4 aliphatic rings. The smallest absolute Gasteiger partial charge is 0.407 e. The summed E-state index contributed by atoms with van der Waals surface area (Å²) >= 11 is 0. The zero-order chi connectivity index (χ0) is 36.4. The normalized spacial score (nSPS) is 27.9. The average molecular weight is 693 g/mol. The number of amides is 3. The molecule has 0 spiro atoms. The highest BCUT2D eigenvalue weighted by Gasteiger charge is 2.57. The van der Waals surface area contributed by atoms with E-state index in [4.69, 9.17) is 9.57 Å². The first-order valence-corrected chi connectivity index (χ1v) is 18.1. The molecular formula is C39H56N4O7. The van der Waals surface area contributed by atoms with Crippen LogP contribution in [-0.4, -0.2) is 82.8 Å². The van der Waals surface area contributed by atoms with Crippen molar-refractivity contribution in [2.75, 3.05) is 19.7 Å². The first-order chi connectivity index (χ1) is 23.6. The standard InChI is InChI=1S/C39H56N4O7/c1-23-30-19-29(39(30,6)7)20-31(23)42-36(47)34-33(24(2)45)32(22-44)50-43(34)21-25-11-8-12-26(17-25)27-13-9-14-28(18-27)35(46)40-15-10-16-41-37(48)49-38(3,4)5/h8-9,11-14,17-18,23-24,29-34,44-45H,10,15-16,19-22H2,1-7H3,(H,40,46)(H,41,48)(H,42,47)/t23-,24-,29+,30-,31-,32-,33+,34-/m0/s1. The van der Waals surface area contributed by atoms with Crippen molar-refractivity contribution in [3.63, 3.8) is 0 Å². The lowest BCUT2D eigenvalue weighted by Crippen LogP contribution is -2.62. The highest BCUT2D eigenvalue weighted by molar-refractivity contribution is 5.95. The van der Waals surface area contributed by atoms with Gasteiger partial charge in [-0.15, -0.1) is 0 Å². The van der Waals surface area contributed by atoms with E-state index in [1.54, 1.807) is 38.8 Å². The van der Waals surface area contributed by atoms with Gasteiger partial charge in [0.25, 0.3) is 5.91 Å². The summed E-state index contributed by atoms with van der Waals surface area (Å²) in [6, 6.07) is 14.5. The molecule has 1 heterocycles. The molecule has 3 aliphatic carbocycles. The fraction of sp³-hybridized carbons (Fsp3) is 0.615. The number of carbonyl (C=O) groups is 3. The summed E-state index contributed by atoms with van der Waals surface area (Å²) in [7, 11) is 0. The molecule has 3 saturated carbocycles. The van der Waals surface area contributed by atoms with Crippen LogP contribution in [0.15, 0.2) is 48.5 Å². The molecule has 2 aromatic carbocycles. The molecule has 0 radical (unpaired) electrons. The Morgan fingerprint density at radius 3 is 2.36 bits per heavy atom. The average Bonchev–Trinajstić information content (AvgIpc) is 3.43. The lowest BCUT2D eigenvalue weighted by atomic mass is 9.45. The molecule has 274 valence electrons. The SMILES string of the molecule is C[C@@H]1[C@@H](NC(=O)[C@@H]2[C@H]([C@H](C)O)[C@H](CO)ON2Cc2cccc(-c3cccc(C(=O)NCCCNC(=O)OC(C)(C)C)c3)c2)C[C@H]2C[C@@H]1C2(C)C. The minimum absolute atomic E-state index is 0.0608. The van der Waals surface area contributed by atoms with Crippen molar-refractivity contribution >= 4 is 17.9 Å². The van der Waals surface area contributed by atoms with E-state index in [0.717, 1.165) is 23.1 Å². The second-order valence-electron chi connectivity index (χ2n) is 16.1. The zero-order valence-corrected chi connectivity index (χ0v) is 30.6. The van der Waals surface area contributed by atoms with Crippen molar-refractivity contribution in [3.8, 4) is 11.1 Å². The summed E-state index contributed by atoms with van der Waals surface area (Å²) in [6.45, 7) is 14.7. The second kappa shape index (κ2) is 15.4. The second-order valence-corrected chi connectivity index (χ2v) is 16.1. The number of benzene rings is 2. The van der Waals surface area contributed by atoms with E-state index in [-0.39, 0.29) is 31.0 Å². The molecule has 1 saturated heterocycles. The van der Waals surface area contributed by atoms with E-state index in [1.165, 1.54) is 6.42 Å². The summed E-state index contributed by atoms with van der Waals surface area (Å²) in [5, 5.41) is 31.5. The number of rotatable bonds is 12. The Labute approximate surface area is 296 Å². The maximum Gasteiger partial charge on any atom is 0.407 e. The molecule has 0 aromatic heterocycles. The van der Waals surface area contributed by atoms with E-state index >= 15 is 0 Å². The van der Waals surface area contributed by atoms with Crippen LogP contribution in [0.25, 0.3) is 11.1 Å². The minimum Gasteiger partial charge on any atom is -0.444 e. The number of ether oxygens (including phenoxy) is 1. The Morgan fingerprint density at radius 2 is 1.72 bits per heavy atom. The minimum atomic E-state index is -0.870. The molecule has 5 N–H and O–H groups in total. The zero-order valence-electron chi connectivity index (χ0n) is 30.6. The number of aliphatic hydroxyl groups is 2. The Morgan fingerprint density at radius 1 is 1.04 bits per heavy atom. The number of fused-ring (bicyclic) bond motifs is 2. The molecule has 4 fully saturated rings. The van der Waals surface area contributed by atoms with Crippen LogP contribution in [0.1, 0.15) is 83.7 Å². The van der Waals surface area contributed by atoms with Gasteiger partial charge in [0.15, 0.2) is 0 Å². The third-order valence-electron chi connectivity index (χ3n) is 11.1. The number of alkyl carbamates (subject to hydrolysis) is 1. The van der Waals surface area contributed by atoms with Crippen LogP contribution in [0, 0.1) is 29.1 Å². The van der Waals surface area contributed by atoms with Gasteiger partial charge in [-0.1, -0.05) is 51.1 Å². The molecule has 2 bridgehead atoms. The summed E-state index contributed by atoms with van der Waals surface area (Å²) in [4.78, 5) is 45.0. The van der Waals surface area contributed by atoms with Gasteiger partial charge >= 0.3 is 6.09 Å². The maximum atomic E-state index is 14.0. The predicted octanol–water partition coefficient (Wildman–Crippen LogP) is 4.66. The van der Waals surface area contributed by atoms with E-state index in [9.17, 15) is 24.6 Å². The van der Waals surface area contributed by atoms with Gasteiger partial charge in [-0.25, -0.2) is 4.79 Å². The highest BCUT2D eigenvalue weighted by Crippen LogP contribution is 2.61. The van der Waals surface area contributed by atoms with Crippen molar-refractivity contribution in [2.45, 2.75) is 104 Å². The van der Waals surface area contributed by atoms with Gasteiger partial charge in [-0.3, -0.25) is 14.4 Å². The van der Waals surface area contributed by atoms with Crippen LogP contribution in [-0.2, 0) is 20.9 Å². The Hall–Kier alpha value is -3.51. The van der Waals surface area contributed by atoms with Gasteiger partial charge in [-0.2, -0.15) is 5.06 Å². The number of carbonyl (C=O) groups excluding carboxylic acids is 3. The molecule has 2 aromatic rings. The predicted molar refractivity (Wildman–Crippen MR) is 191 cm³/mol. The Balaban J connectivity index is 1.23. The first-order valence-electron chi connectivity index (χ1n) is 18.1. The molecule has 11 heteroatoms. The summed E-state index contributed by atoms with van der Waals surface area (Å²) in [5.74, 6) is 0.509. The van der Waals surface area contributed by atoms with Crippen molar-refractivity contribution in [1.82, 2.24) is 21.0 Å². The molecule has 8 atom stereocenters. The lowest BCUT2D eigenvalue weighted by molar-refractivity contribution is -0.183. The van der Waals surface area contributed by atoms with Crippen LogP contribution >= 0.6 is 0 Å². The summed E-state index contributed by atoms with van der Waals surface area (Å²) in [6.07, 6.45) is 0.632. The summed E-state index contributed by atoms with van der Waals surface area (Å²) < 4.78 is 5.23. The van der Waals surface area contributed by atoms with Gasteiger partial charge in [0.2, 0.25) is 5.91 Å². The Bertz CT molecular complexity index is 1520. The van der Waals surface area contributed by atoms with Gasteiger partial charge in [0.05, 0.1) is 19.3 Å². The monoisotopic (exact) mass is 692 g/mol. The molecule has 0 unspecified atom stereocenters. The van der Waals surface area contributed by atoms with Crippen LogP contribution < -0.4 is 16.0 Å². The van der Waals surface area contributed by atoms with Crippen LogP contribution in [0.2, 0.25) is 0 Å². The van der Waals surface area contributed by atoms with E-state index in [2.05, 4.69) is 36.7 Å². The number of hydroxylamine groups is 2. The van der Waals surface area contributed by atoms with Crippen molar-refractivity contribution in [1.29, 1.82) is 0 Å². The van der Waals surface area contributed by atoms with Crippen molar-refractivity contribution in [2.24, 2.45) is 29.1 Å². The first kappa shape index (κ1) is 37.7. The van der Waals surface area contributed by atoms with Crippen LogP contribution in [0.5, 0.6) is 0 Å². The van der Waals surface area contributed by atoms with E-state index in [0.29, 0.717) is 48.2 Å². The van der Waals surface area contributed by atoms with Crippen molar-refractivity contribution in [3.05, 3.63) is 59.7 Å².